The number of thioether (sulfide) groups is 1. The van der Waals surface area contributed by atoms with Gasteiger partial charge in [-0.15, -0.1) is 18.2 Å². The lowest BCUT2D eigenvalue weighted by Gasteiger charge is -2.16. The number of hydrogen-bond donors (Lipinski definition) is 1. The van der Waals surface area contributed by atoms with Crippen LogP contribution in [0.25, 0.3) is 0 Å². The van der Waals surface area contributed by atoms with Crippen molar-refractivity contribution < 1.29 is 0 Å². The molecule has 0 aromatic carbocycles. The average molecular weight is 185 g/mol. The van der Waals surface area contributed by atoms with Gasteiger partial charge < -0.3 is 5.32 Å². The molecule has 1 unspecified atom stereocenters. The molecule has 0 rings (SSSR count). The van der Waals surface area contributed by atoms with Gasteiger partial charge in [-0.25, -0.2) is 0 Å². The highest BCUT2D eigenvalue weighted by molar-refractivity contribution is 7.99. The molecule has 1 nitrogen and oxygen atoms in total. The highest BCUT2D eigenvalue weighted by atomic mass is 32.2. The molecule has 0 heterocycles. The van der Waals surface area contributed by atoms with Gasteiger partial charge in [-0.05, 0) is 12.8 Å². The van der Waals surface area contributed by atoms with Crippen LogP contribution in [0.1, 0.15) is 20.8 Å². The molecule has 0 aromatic rings. The van der Waals surface area contributed by atoms with E-state index in [1.54, 1.807) is 0 Å². The Morgan fingerprint density at radius 2 is 2.08 bits per heavy atom. The van der Waals surface area contributed by atoms with Crippen molar-refractivity contribution in [2.75, 3.05) is 18.1 Å². The molecule has 0 saturated heterocycles. The summed E-state index contributed by atoms with van der Waals surface area (Å²) >= 11 is 1.81. The first-order chi connectivity index (χ1) is 5.68. The maximum Gasteiger partial charge on any atom is 0.0545 e. The molecule has 2 heteroatoms. The smallest absolute Gasteiger partial charge is 0.0545 e. The zero-order chi connectivity index (χ0) is 9.40. The number of hydrogen-bond acceptors (Lipinski definition) is 2. The van der Waals surface area contributed by atoms with Gasteiger partial charge in [-0.2, -0.15) is 0 Å². The third-order valence-electron chi connectivity index (χ3n) is 1.90. The second-order valence-corrected chi connectivity index (χ2v) is 4.35. The van der Waals surface area contributed by atoms with Crippen LogP contribution < -0.4 is 5.32 Å². The summed E-state index contributed by atoms with van der Waals surface area (Å²) in [4.78, 5) is 0. The number of terminal acetylenes is 1. The maximum absolute atomic E-state index is 5.13. The molecule has 1 atom stereocenters. The summed E-state index contributed by atoms with van der Waals surface area (Å²) in [5.41, 5.74) is 0. The van der Waals surface area contributed by atoms with E-state index in [2.05, 4.69) is 32.0 Å². The molecule has 0 aromatic heterocycles. The van der Waals surface area contributed by atoms with Crippen LogP contribution in [0.5, 0.6) is 0 Å². The van der Waals surface area contributed by atoms with Crippen LogP contribution in [0.2, 0.25) is 0 Å². The van der Waals surface area contributed by atoms with Crippen molar-refractivity contribution in [2.24, 2.45) is 5.92 Å². The lowest BCUT2D eigenvalue weighted by molar-refractivity contribution is 0.438. The second-order valence-electron chi connectivity index (χ2n) is 3.24. The number of nitrogens with one attached hydrogen (secondary N) is 1. The van der Waals surface area contributed by atoms with Gasteiger partial charge in [0.25, 0.3) is 0 Å². The van der Waals surface area contributed by atoms with Crippen molar-refractivity contribution in [3.05, 3.63) is 0 Å². The van der Waals surface area contributed by atoms with Crippen molar-refractivity contribution in [1.29, 1.82) is 0 Å². The van der Waals surface area contributed by atoms with E-state index in [9.17, 15) is 0 Å². The maximum atomic E-state index is 5.13. The minimum absolute atomic E-state index is 0.608. The first kappa shape index (κ1) is 11.9. The first-order valence-corrected chi connectivity index (χ1v) is 5.58. The molecule has 0 spiro atoms. The fourth-order valence-corrected chi connectivity index (χ4v) is 1.25. The predicted octanol–water partition coefficient (Wildman–Crippen LogP) is 1.99. The standard InChI is InChI=1S/C10H19NS/c1-5-7-12-8-6-11-10(4)9(2)3/h1,9-11H,6-8H2,2-4H3. The van der Waals surface area contributed by atoms with Crippen LogP contribution in [-0.2, 0) is 0 Å². The molecule has 12 heavy (non-hydrogen) atoms. The van der Waals surface area contributed by atoms with Gasteiger partial charge in [0.05, 0.1) is 5.75 Å². The van der Waals surface area contributed by atoms with Gasteiger partial charge >= 0.3 is 0 Å². The highest BCUT2D eigenvalue weighted by Crippen LogP contribution is 2.00. The van der Waals surface area contributed by atoms with Crippen molar-refractivity contribution >= 4 is 11.8 Å². The molecule has 0 fully saturated rings. The lowest BCUT2D eigenvalue weighted by Crippen LogP contribution is -2.32. The lowest BCUT2D eigenvalue weighted by atomic mass is 10.1. The van der Waals surface area contributed by atoms with Crippen molar-refractivity contribution in [3.63, 3.8) is 0 Å². The van der Waals surface area contributed by atoms with Gasteiger partial charge in [0.15, 0.2) is 0 Å². The van der Waals surface area contributed by atoms with Crippen molar-refractivity contribution in [2.45, 2.75) is 26.8 Å². The largest absolute Gasteiger partial charge is 0.313 e. The summed E-state index contributed by atoms with van der Waals surface area (Å²) < 4.78 is 0. The second kappa shape index (κ2) is 7.52. The molecule has 0 aliphatic heterocycles. The quantitative estimate of drug-likeness (QED) is 0.502. The molecular weight excluding hydrogens is 166 g/mol. The zero-order valence-electron chi connectivity index (χ0n) is 8.26. The van der Waals surface area contributed by atoms with Crippen LogP contribution in [0.4, 0.5) is 0 Å². The number of rotatable bonds is 6. The SMILES string of the molecule is C#CCSCCNC(C)C(C)C. The summed E-state index contributed by atoms with van der Waals surface area (Å²) in [6, 6.07) is 0.608. The van der Waals surface area contributed by atoms with Gasteiger partial charge in [-0.3, -0.25) is 0 Å². The van der Waals surface area contributed by atoms with Crippen molar-refractivity contribution in [1.82, 2.24) is 5.32 Å². The Kier molecular flexibility index (Phi) is 7.43. The summed E-state index contributed by atoms with van der Waals surface area (Å²) in [6.07, 6.45) is 5.13. The molecule has 0 aliphatic carbocycles. The highest BCUT2D eigenvalue weighted by Gasteiger charge is 2.04. The zero-order valence-corrected chi connectivity index (χ0v) is 9.08. The minimum Gasteiger partial charge on any atom is -0.313 e. The predicted molar refractivity (Wildman–Crippen MR) is 58.5 cm³/mol. The summed E-state index contributed by atoms with van der Waals surface area (Å²) in [6.45, 7) is 7.74. The van der Waals surface area contributed by atoms with Gasteiger partial charge in [0.1, 0.15) is 0 Å². The van der Waals surface area contributed by atoms with E-state index < -0.39 is 0 Å². The first-order valence-electron chi connectivity index (χ1n) is 4.43. The Balaban J connectivity index is 3.15. The van der Waals surface area contributed by atoms with Gasteiger partial charge in [0.2, 0.25) is 0 Å². The van der Waals surface area contributed by atoms with E-state index in [1.807, 2.05) is 11.8 Å². The average Bonchev–Trinajstić information content (AvgIpc) is 2.03. The Morgan fingerprint density at radius 3 is 2.58 bits per heavy atom. The fraction of sp³-hybridized carbons (Fsp3) is 0.800. The van der Waals surface area contributed by atoms with E-state index >= 15 is 0 Å². The molecular formula is C10H19NS. The molecule has 0 aliphatic rings. The normalized spacial score (nSPS) is 12.9. The minimum atomic E-state index is 0.608. The van der Waals surface area contributed by atoms with Crippen LogP contribution >= 0.6 is 11.8 Å². The monoisotopic (exact) mass is 185 g/mol. The van der Waals surface area contributed by atoms with E-state index in [0.29, 0.717) is 12.0 Å². The van der Waals surface area contributed by atoms with Crippen LogP contribution in [0, 0.1) is 18.3 Å². The summed E-state index contributed by atoms with van der Waals surface area (Å²) in [5, 5.41) is 3.45. The van der Waals surface area contributed by atoms with Crippen LogP contribution in [0.15, 0.2) is 0 Å². The third-order valence-corrected chi connectivity index (χ3v) is 2.76. The molecule has 0 radical (unpaired) electrons. The molecule has 1 N–H and O–H groups in total. The van der Waals surface area contributed by atoms with Crippen LogP contribution in [0.3, 0.4) is 0 Å². The Hall–Kier alpha value is -0.130. The van der Waals surface area contributed by atoms with Gasteiger partial charge in [0, 0.05) is 18.3 Å². The van der Waals surface area contributed by atoms with E-state index in [4.69, 9.17) is 6.42 Å². The Morgan fingerprint density at radius 1 is 1.42 bits per heavy atom. The summed E-state index contributed by atoms with van der Waals surface area (Å²) in [7, 11) is 0. The molecule has 0 bridgehead atoms. The Bertz CT molecular complexity index is 137. The van der Waals surface area contributed by atoms with E-state index in [-0.39, 0.29) is 0 Å². The molecule has 0 amide bonds. The topological polar surface area (TPSA) is 12.0 Å². The molecule has 70 valence electrons. The Labute approximate surface area is 80.7 Å². The van der Waals surface area contributed by atoms with Crippen molar-refractivity contribution in [3.8, 4) is 12.3 Å². The molecule has 0 saturated carbocycles. The van der Waals surface area contributed by atoms with E-state index in [1.165, 1.54) is 0 Å². The van der Waals surface area contributed by atoms with Crippen LogP contribution in [-0.4, -0.2) is 24.1 Å². The third kappa shape index (κ3) is 6.57. The fourth-order valence-electron chi connectivity index (χ4n) is 0.726. The van der Waals surface area contributed by atoms with Gasteiger partial charge in [-0.1, -0.05) is 19.8 Å². The summed E-state index contributed by atoms with van der Waals surface area (Å²) in [5.74, 6) is 5.27. The van der Waals surface area contributed by atoms with E-state index in [0.717, 1.165) is 18.1 Å².